The van der Waals surface area contributed by atoms with Crippen LogP contribution in [0.2, 0.25) is 5.15 Å². The van der Waals surface area contributed by atoms with Gasteiger partial charge in [0.2, 0.25) is 0 Å². The Balaban J connectivity index is 2.75. The molecule has 0 aliphatic carbocycles. The number of H-pyrrole nitrogens is 1. The van der Waals surface area contributed by atoms with E-state index < -0.39 is 0 Å². The minimum absolute atomic E-state index is 0.462. The summed E-state index contributed by atoms with van der Waals surface area (Å²) in [6.07, 6.45) is 0. The summed E-state index contributed by atoms with van der Waals surface area (Å²) in [4.78, 5) is 7.32. The second kappa shape index (κ2) is 3.20. The summed E-state index contributed by atoms with van der Waals surface area (Å²) in [6.45, 7) is 1.91. The minimum atomic E-state index is 0.462. The summed E-state index contributed by atoms with van der Waals surface area (Å²) in [5, 5.41) is 1.46. The van der Waals surface area contributed by atoms with E-state index in [9.17, 15) is 0 Å². The summed E-state index contributed by atoms with van der Waals surface area (Å²) in [7, 11) is 0. The number of halogens is 2. The lowest BCUT2D eigenvalue weighted by molar-refractivity contribution is 1.21. The zero-order valence-electron chi connectivity index (χ0n) is 7.06. The van der Waals surface area contributed by atoms with E-state index >= 15 is 0 Å². The Morgan fingerprint density at radius 2 is 2.23 bits per heavy atom. The second-order valence-corrected chi connectivity index (χ2v) is 3.57. The number of aromatic nitrogens is 2. The second-order valence-electron chi connectivity index (χ2n) is 2.94. The Labute approximate surface area is 85.9 Å². The molecule has 0 spiro atoms. The fourth-order valence-electron chi connectivity index (χ4n) is 1.34. The fourth-order valence-corrected chi connectivity index (χ4v) is 1.77. The van der Waals surface area contributed by atoms with Gasteiger partial charge in [0.1, 0.15) is 5.15 Å². The first-order valence-corrected chi connectivity index (χ1v) is 4.82. The predicted octanol–water partition coefficient (Wildman–Crippen LogP) is 3.26. The highest BCUT2D eigenvalue weighted by molar-refractivity contribution is 6.34. The Kier molecular flexibility index (Phi) is 2.18. The summed E-state index contributed by atoms with van der Waals surface area (Å²) in [5.41, 5.74) is 2.86. The number of alkyl halides is 1. The van der Waals surface area contributed by atoms with Crippen LogP contribution in [-0.4, -0.2) is 9.97 Å². The molecule has 1 N–H and O–H groups in total. The van der Waals surface area contributed by atoms with Gasteiger partial charge in [0.15, 0.2) is 0 Å². The first kappa shape index (κ1) is 8.85. The Morgan fingerprint density at radius 1 is 1.46 bits per heavy atom. The van der Waals surface area contributed by atoms with Gasteiger partial charge in [-0.25, -0.2) is 4.98 Å². The first-order chi connectivity index (χ1) is 6.20. The molecule has 68 valence electrons. The molecule has 2 nitrogen and oxygen atoms in total. The molecule has 0 aliphatic rings. The zero-order chi connectivity index (χ0) is 9.42. The molecule has 0 fully saturated rings. The van der Waals surface area contributed by atoms with Gasteiger partial charge in [0.05, 0.1) is 11.4 Å². The number of fused-ring (bicyclic) bond motifs is 1. The van der Waals surface area contributed by atoms with Gasteiger partial charge in [0, 0.05) is 16.8 Å². The molecular weight excluding hydrogens is 207 g/mol. The molecule has 0 bridgehead atoms. The third-order valence-corrected chi connectivity index (χ3v) is 2.47. The molecule has 0 saturated carbocycles. The molecule has 0 aliphatic heterocycles. The van der Waals surface area contributed by atoms with Crippen molar-refractivity contribution >= 4 is 34.1 Å². The van der Waals surface area contributed by atoms with E-state index in [1.165, 1.54) is 0 Å². The van der Waals surface area contributed by atoms with Crippen LogP contribution in [-0.2, 0) is 5.88 Å². The van der Waals surface area contributed by atoms with Crippen molar-refractivity contribution in [3.8, 4) is 0 Å². The van der Waals surface area contributed by atoms with Crippen LogP contribution in [0.25, 0.3) is 10.9 Å². The van der Waals surface area contributed by atoms with Crippen LogP contribution in [0.15, 0.2) is 12.1 Å². The maximum absolute atomic E-state index is 5.96. The van der Waals surface area contributed by atoms with Crippen LogP contribution in [0.1, 0.15) is 11.4 Å². The number of aryl methyl sites for hydroxylation is 1. The first-order valence-electron chi connectivity index (χ1n) is 3.91. The number of rotatable bonds is 1. The third-order valence-electron chi connectivity index (χ3n) is 1.90. The molecule has 0 aromatic carbocycles. The van der Waals surface area contributed by atoms with Crippen LogP contribution < -0.4 is 0 Å². The van der Waals surface area contributed by atoms with E-state index in [1.807, 2.05) is 19.1 Å². The Hall–Kier alpha value is -0.730. The molecule has 2 aromatic rings. The van der Waals surface area contributed by atoms with Gasteiger partial charge in [-0.2, -0.15) is 0 Å². The van der Waals surface area contributed by atoms with Crippen molar-refractivity contribution in [2.45, 2.75) is 12.8 Å². The van der Waals surface area contributed by atoms with Gasteiger partial charge >= 0.3 is 0 Å². The normalized spacial score (nSPS) is 11.0. The van der Waals surface area contributed by atoms with Crippen molar-refractivity contribution in [1.29, 1.82) is 0 Å². The maximum Gasteiger partial charge on any atom is 0.138 e. The molecular formula is C9H8Cl2N2. The smallest absolute Gasteiger partial charge is 0.138 e. The number of nitrogens with zero attached hydrogens (tertiary/aromatic N) is 1. The van der Waals surface area contributed by atoms with Gasteiger partial charge in [-0.3, -0.25) is 0 Å². The van der Waals surface area contributed by atoms with Gasteiger partial charge in [-0.1, -0.05) is 11.6 Å². The van der Waals surface area contributed by atoms with Crippen LogP contribution in [0.3, 0.4) is 0 Å². The van der Waals surface area contributed by atoms with Crippen LogP contribution in [0, 0.1) is 6.92 Å². The lowest BCUT2D eigenvalue weighted by atomic mass is 10.3. The third kappa shape index (κ3) is 1.52. The average Bonchev–Trinajstić information content (AvgIpc) is 2.47. The lowest BCUT2D eigenvalue weighted by Crippen LogP contribution is -1.81. The van der Waals surface area contributed by atoms with Gasteiger partial charge in [0.25, 0.3) is 0 Å². The van der Waals surface area contributed by atoms with Crippen molar-refractivity contribution < 1.29 is 0 Å². The molecule has 4 heteroatoms. The zero-order valence-corrected chi connectivity index (χ0v) is 8.58. The van der Waals surface area contributed by atoms with E-state index in [4.69, 9.17) is 23.2 Å². The summed E-state index contributed by atoms with van der Waals surface area (Å²) < 4.78 is 0. The molecule has 0 atom stereocenters. The maximum atomic E-state index is 5.96. The van der Waals surface area contributed by atoms with E-state index in [-0.39, 0.29) is 0 Å². The van der Waals surface area contributed by atoms with Crippen molar-refractivity contribution in [2.75, 3.05) is 0 Å². The topological polar surface area (TPSA) is 28.7 Å². The fraction of sp³-hybridized carbons (Fsp3) is 0.222. The van der Waals surface area contributed by atoms with E-state index in [0.717, 1.165) is 22.3 Å². The molecule has 0 unspecified atom stereocenters. The standard InChI is InChI=1S/C9H8Cl2N2/c1-5-2-8-7(9(11)12-5)3-6(4-10)13-8/h2-3,13H,4H2,1H3. The highest BCUT2D eigenvalue weighted by atomic mass is 35.5. The Bertz CT molecular complexity index is 448. The molecule has 2 aromatic heterocycles. The molecule has 2 heterocycles. The average molecular weight is 215 g/mol. The molecule has 2 rings (SSSR count). The number of hydrogen-bond donors (Lipinski definition) is 1. The number of nitrogens with one attached hydrogen (secondary N) is 1. The summed E-state index contributed by atoms with van der Waals surface area (Å²) in [5.74, 6) is 0.462. The van der Waals surface area contributed by atoms with Crippen LogP contribution >= 0.6 is 23.2 Å². The molecule has 0 amide bonds. The van der Waals surface area contributed by atoms with Gasteiger partial charge in [-0.05, 0) is 19.1 Å². The number of hydrogen-bond acceptors (Lipinski definition) is 1. The van der Waals surface area contributed by atoms with Crippen molar-refractivity contribution in [3.05, 3.63) is 28.7 Å². The van der Waals surface area contributed by atoms with Crippen LogP contribution in [0.4, 0.5) is 0 Å². The number of aromatic amines is 1. The predicted molar refractivity (Wildman–Crippen MR) is 55.4 cm³/mol. The minimum Gasteiger partial charge on any atom is -0.357 e. The Morgan fingerprint density at radius 3 is 2.92 bits per heavy atom. The highest BCUT2D eigenvalue weighted by Crippen LogP contribution is 2.23. The van der Waals surface area contributed by atoms with Crippen molar-refractivity contribution in [3.63, 3.8) is 0 Å². The SMILES string of the molecule is Cc1cc2[nH]c(CCl)cc2c(Cl)n1. The summed E-state index contributed by atoms with van der Waals surface area (Å²) in [6, 6.07) is 3.88. The molecule has 0 radical (unpaired) electrons. The lowest BCUT2D eigenvalue weighted by Gasteiger charge is -1.94. The summed E-state index contributed by atoms with van der Waals surface area (Å²) >= 11 is 11.7. The largest absolute Gasteiger partial charge is 0.357 e. The van der Waals surface area contributed by atoms with Gasteiger partial charge < -0.3 is 4.98 Å². The highest BCUT2D eigenvalue weighted by Gasteiger charge is 2.05. The quantitative estimate of drug-likeness (QED) is 0.573. The van der Waals surface area contributed by atoms with Crippen molar-refractivity contribution in [2.24, 2.45) is 0 Å². The molecule has 13 heavy (non-hydrogen) atoms. The number of pyridine rings is 1. The van der Waals surface area contributed by atoms with Crippen LogP contribution in [0.5, 0.6) is 0 Å². The van der Waals surface area contributed by atoms with E-state index in [1.54, 1.807) is 0 Å². The van der Waals surface area contributed by atoms with Gasteiger partial charge in [-0.15, -0.1) is 11.6 Å². The van der Waals surface area contributed by atoms with E-state index in [2.05, 4.69) is 9.97 Å². The van der Waals surface area contributed by atoms with E-state index in [0.29, 0.717) is 11.0 Å². The van der Waals surface area contributed by atoms with Crippen molar-refractivity contribution in [1.82, 2.24) is 9.97 Å². The molecule has 0 saturated heterocycles. The monoisotopic (exact) mass is 214 g/mol.